The minimum Gasteiger partial charge on any atom is -0.392 e. The van der Waals surface area contributed by atoms with Crippen LogP contribution in [0.4, 0.5) is 5.82 Å². The van der Waals surface area contributed by atoms with E-state index in [-0.39, 0.29) is 35.7 Å². The van der Waals surface area contributed by atoms with Crippen molar-refractivity contribution in [3.63, 3.8) is 0 Å². The standard InChI is InChI=1S/C21H21N5O4/c22-19-16(12-27)8-15(10-24-19)20(29)25-11-17(13-4-2-1-3-5-13)26-21(30)14-6-7-23-18(28)9-14/h1-10,17,27H,11-12H2,(H2,22,24)(H,23,28)(H,25,29)(H,26,30)/t17-/m1/s1. The molecule has 30 heavy (non-hydrogen) atoms. The summed E-state index contributed by atoms with van der Waals surface area (Å²) in [6, 6.07) is 12.7. The minimum atomic E-state index is -0.541. The lowest BCUT2D eigenvalue weighted by molar-refractivity contribution is 0.0908. The van der Waals surface area contributed by atoms with Crippen LogP contribution in [0.5, 0.6) is 0 Å². The van der Waals surface area contributed by atoms with Crippen molar-refractivity contribution in [1.29, 1.82) is 0 Å². The lowest BCUT2D eigenvalue weighted by Gasteiger charge is -2.20. The largest absolute Gasteiger partial charge is 0.392 e. The number of amides is 2. The van der Waals surface area contributed by atoms with Gasteiger partial charge in [0.15, 0.2) is 0 Å². The van der Waals surface area contributed by atoms with E-state index < -0.39 is 17.9 Å². The lowest BCUT2D eigenvalue weighted by Crippen LogP contribution is -2.38. The second-order valence-corrected chi connectivity index (χ2v) is 6.51. The number of H-pyrrole nitrogens is 1. The van der Waals surface area contributed by atoms with E-state index in [1.807, 2.05) is 30.3 Å². The van der Waals surface area contributed by atoms with Crippen molar-refractivity contribution in [3.8, 4) is 0 Å². The topological polar surface area (TPSA) is 150 Å². The van der Waals surface area contributed by atoms with E-state index >= 15 is 0 Å². The number of nitrogens with two attached hydrogens (primary N) is 1. The summed E-state index contributed by atoms with van der Waals surface area (Å²) >= 11 is 0. The highest BCUT2D eigenvalue weighted by Crippen LogP contribution is 2.14. The SMILES string of the molecule is Nc1ncc(C(=O)NC[C@@H](NC(=O)c2cc[nH]c(=O)c2)c2ccccc2)cc1CO. The summed E-state index contributed by atoms with van der Waals surface area (Å²) in [6.07, 6.45) is 2.71. The third-order valence-electron chi connectivity index (χ3n) is 4.45. The molecule has 1 atom stereocenters. The monoisotopic (exact) mass is 407 g/mol. The number of nitrogens with one attached hydrogen (secondary N) is 3. The molecular weight excluding hydrogens is 386 g/mol. The number of aromatic nitrogens is 2. The second-order valence-electron chi connectivity index (χ2n) is 6.51. The number of aliphatic hydroxyl groups excluding tert-OH is 1. The summed E-state index contributed by atoms with van der Waals surface area (Å²) in [5.41, 5.74) is 6.84. The number of anilines is 1. The average Bonchev–Trinajstić information content (AvgIpc) is 2.77. The van der Waals surface area contributed by atoms with Crippen LogP contribution in [0.25, 0.3) is 0 Å². The first-order valence-corrected chi connectivity index (χ1v) is 9.16. The van der Waals surface area contributed by atoms with Crippen LogP contribution in [-0.4, -0.2) is 33.4 Å². The van der Waals surface area contributed by atoms with Gasteiger partial charge in [0.1, 0.15) is 5.82 Å². The zero-order valence-electron chi connectivity index (χ0n) is 16.0. The predicted molar refractivity (Wildman–Crippen MR) is 111 cm³/mol. The fraction of sp³-hybridized carbons (Fsp3) is 0.143. The Kier molecular flexibility index (Phi) is 6.56. The minimum absolute atomic E-state index is 0.0939. The van der Waals surface area contributed by atoms with E-state index in [0.717, 1.165) is 5.56 Å². The summed E-state index contributed by atoms with van der Waals surface area (Å²) in [7, 11) is 0. The van der Waals surface area contributed by atoms with Gasteiger partial charge in [-0.25, -0.2) is 4.98 Å². The van der Waals surface area contributed by atoms with Gasteiger partial charge in [0.2, 0.25) is 5.56 Å². The molecule has 0 unspecified atom stereocenters. The van der Waals surface area contributed by atoms with Crippen LogP contribution in [0, 0.1) is 0 Å². The molecule has 0 radical (unpaired) electrons. The number of nitrogen functional groups attached to an aromatic ring is 1. The number of aliphatic hydroxyl groups is 1. The van der Waals surface area contributed by atoms with Crippen molar-refractivity contribution in [2.45, 2.75) is 12.6 Å². The molecule has 6 N–H and O–H groups in total. The van der Waals surface area contributed by atoms with Crippen LogP contribution < -0.4 is 21.9 Å². The van der Waals surface area contributed by atoms with E-state index in [9.17, 15) is 19.5 Å². The Labute approximate surface area is 172 Å². The molecule has 154 valence electrons. The third kappa shape index (κ3) is 5.09. The smallest absolute Gasteiger partial charge is 0.252 e. The Bertz CT molecular complexity index is 1100. The van der Waals surface area contributed by atoms with Crippen molar-refractivity contribution in [2.24, 2.45) is 0 Å². The van der Waals surface area contributed by atoms with Crippen molar-refractivity contribution >= 4 is 17.6 Å². The van der Waals surface area contributed by atoms with Crippen LogP contribution in [0.2, 0.25) is 0 Å². The highest BCUT2D eigenvalue weighted by Gasteiger charge is 2.18. The highest BCUT2D eigenvalue weighted by molar-refractivity contribution is 5.95. The third-order valence-corrected chi connectivity index (χ3v) is 4.45. The zero-order valence-corrected chi connectivity index (χ0v) is 16.0. The van der Waals surface area contributed by atoms with E-state index in [4.69, 9.17) is 5.73 Å². The number of hydrogen-bond donors (Lipinski definition) is 5. The number of benzene rings is 1. The normalized spacial score (nSPS) is 11.5. The molecule has 3 rings (SSSR count). The maximum atomic E-state index is 12.6. The molecule has 2 heterocycles. The van der Waals surface area contributed by atoms with E-state index in [1.165, 1.54) is 30.6 Å². The van der Waals surface area contributed by atoms with Gasteiger partial charge in [-0.3, -0.25) is 14.4 Å². The van der Waals surface area contributed by atoms with Gasteiger partial charge in [0.05, 0.1) is 18.2 Å². The molecule has 0 saturated heterocycles. The molecule has 9 heteroatoms. The van der Waals surface area contributed by atoms with Gasteiger partial charge < -0.3 is 26.5 Å². The quantitative estimate of drug-likeness (QED) is 0.390. The van der Waals surface area contributed by atoms with Gasteiger partial charge in [0.25, 0.3) is 11.8 Å². The van der Waals surface area contributed by atoms with Crippen molar-refractivity contribution in [3.05, 3.63) is 93.5 Å². The molecule has 3 aromatic rings. The van der Waals surface area contributed by atoms with E-state index in [1.54, 1.807) is 0 Å². The summed E-state index contributed by atoms with van der Waals surface area (Å²) in [5, 5.41) is 14.9. The maximum absolute atomic E-state index is 12.6. The molecule has 1 aromatic carbocycles. The number of carbonyl (C=O) groups is 2. The first-order chi connectivity index (χ1) is 14.5. The van der Waals surface area contributed by atoms with Gasteiger partial charge in [-0.1, -0.05) is 30.3 Å². The summed E-state index contributed by atoms with van der Waals surface area (Å²) < 4.78 is 0. The highest BCUT2D eigenvalue weighted by atomic mass is 16.3. The molecule has 0 aliphatic carbocycles. The fourth-order valence-electron chi connectivity index (χ4n) is 2.83. The first-order valence-electron chi connectivity index (χ1n) is 9.16. The van der Waals surface area contributed by atoms with Gasteiger partial charge in [0, 0.05) is 36.1 Å². The Balaban J connectivity index is 1.76. The number of carbonyl (C=O) groups excluding carboxylic acids is 2. The van der Waals surface area contributed by atoms with Gasteiger partial charge in [-0.05, 0) is 17.7 Å². The van der Waals surface area contributed by atoms with E-state index in [2.05, 4.69) is 20.6 Å². The van der Waals surface area contributed by atoms with Crippen LogP contribution in [0.15, 0.2) is 65.7 Å². The Morgan fingerprint density at radius 1 is 1.10 bits per heavy atom. The van der Waals surface area contributed by atoms with Gasteiger partial charge in [-0.15, -0.1) is 0 Å². The predicted octanol–water partition coefficient (Wildman–Crippen LogP) is 0.746. The molecular formula is C21H21N5O4. The van der Waals surface area contributed by atoms with Gasteiger partial charge in [-0.2, -0.15) is 0 Å². The van der Waals surface area contributed by atoms with E-state index in [0.29, 0.717) is 5.56 Å². The second kappa shape index (κ2) is 9.48. The summed E-state index contributed by atoms with van der Waals surface area (Å²) in [5.74, 6) is -0.717. The Morgan fingerprint density at radius 3 is 2.57 bits per heavy atom. The average molecular weight is 407 g/mol. The number of aromatic amines is 1. The summed E-state index contributed by atoms with van der Waals surface area (Å²) in [6.45, 7) is -0.241. The maximum Gasteiger partial charge on any atom is 0.252 e. The number of hydrogen-bond acceptors (Lipinski definition) is 6. The molecule has 0 aliphatic rings. The number of nitrogens with zero attached hydrogens (tertiary/aromatic N) is 1. The van der Waals surface area contributed by atoms with Crippen molar-refractivity contribution < 1.29 is 14.7 Å². The van der Waals surface area contributed by atoms with Crippen LogP contribution in [-0.2, 0) is 6.61 Å². The molecule has 0 aliphatic heterocycles. The first kappa shape index (κ1) is 20.7. The molecule has 2 amide bonds. The molecule has 9 nitrogen and oxygen atoms in total. The lowest BCUT2D eigenvalue weighted by atomic mass is 10.1. The Morgan fingerprint density at radius 2 is 1.87 bits per heavy atom. The number of pyridine rings is 2. The van der Waals surface area contributed by atoms with Crippen molar-refractivity contribution in [1.82, 2.24) is 20.6 Å². The molecule has 0 fully saturated rings. The Hall–Kier alpha value is -3.98. The number of rotatable bonds is 7. The summed E-state index contributed by atoms with van der Waals surface area (Å²) in [4.78, 5) is 43.0. The molecule has 0 saturated carbocycles. The van der Waals surface area contributed by atoms with Crippen LogP contribution in [0.1, 0.15) is 37.9 Å². The van der Waals surface area contributed by atoms with Gasteiger partial charge >= 0.3 is 0 Å². The molecule has 2 aromatic heterocycles. The molecule has 0 spiro atoms. The van der Waals surface area contributed by atoms with Crippen LogP contribution in [0.3, 0.4) is 0 Å². The van der Waals surface area contributed by atoms with Crippen molar-refractivity contribution in [2.75, 3.05) is 12.3 Å². The van der Waals surface area contributed by atoms with Crippen LogP contribution >= 0.6 is 0 Å². The zero-order chi connectivity index (χ0) is 21.5. The fourth-order valence-corrected chi connectivity index (χ4v) is 2.83. The molecule has 0 bridgehead atoms.